The predicted molar refractivity (Wildman–Crippen MR) is 86.2 cm³/mol. The van der Waals surface area contributed by atoms with Crippen LogP contribution in [0.25, 0.3) is 0 Å². The van der Waals surface area contributed by atoms with Gasteiger partial charge in [0, 0.05) is 12.1 Å². The Morgan fingerprint density at radius 1 is 1.50 bits per heavy atom. The van der Waals surface area contributed by atoms with Crippen LogP contribution < -0.4 is 10.5 Å². The number of benzene rings is 1. The summed E-state index contributed by atoms with van der Waals surface area (Å²) in [6.45, 7) is 3.80. The van der Waals surface area contributed by atoms with Crippen molar-refractivity contribution < 1.29 is 9.53 Å². The maximum Gasteiger partial charge on any atom is 0.227 e. The van der Waals surface area contributed by atoms with Crippen molar-refractivity contribution in [1.82, 2.24) is 14.8 Å². The zero-order valence-corrected chi connectivity index (χ0v) is 14.1. The Hall–Kier alpha value is -1.73. The van der Waals surface area contributed by atoms with Crippen molar-refractivity contribution in [3.05, 3.63) is 34.6 Å². The summed E-state index contributed by atoms with van der Waals surface area (Å²) < 4.78 is 7.67. The number of nitrogens with two attached hydrogens (primary N) is 1. The first-order valence-corrected chi connectivity index (χ1v) is 7.98. The van der Waals surface area contributed by atoms with Gasteiger partial charge >= 0.3 is 0 Å². The summed E-state index contributed by atoms with van der Waals surface area (Å²) in [5, 5.41) is 9.49. The van der Waals surface area contributed by atoms with Gasteiger partial charge in [-0.1, -0.05) is 23.4 Å². The third-order valence-electron chi connectivity index (χ3n) is 3.02. The Kier molecular flexibility index (Phi) is 5.31. The molecule has 6 nitrogen and oxygen atoms in total. The van der Waals surface area contributed by atoms with Crippen LogP contribution in [0.4, 0.5) is 0 Å². The topological polar surface area (TPSA) is 83.0 Å². The molecule has 0 aliphatic carbocycles. The molecule has 1 amide bonds. The average molecular weight is 341 g/mol. The number of hydrogen-bond acceptors (Lipinski definition) is 5. The van der Waals surface area contributed by atoms with Crippen molar-refractivity contribution in [2.45, 2.75) is 25.1 Å². The zero-order chi connectivity index (χ0) is 16.3. The molecule has 0 unspecified atom stereocenters. The zero-order valence-electron chi connectivity index (χ0n) is 12.5. The molecular formula is C14H17ClN4O2S. The SMILES string of the molecule is Cc1cc(O[C@@H](C)c2nnc(SCC(N)=O)n2C)ccc1Cl. The fraction of sp³-hybridized carbons (Fsp3) is 0.357. The largest absolute Gasteiger partial charge is 0.483 e. The third kappa shape index (κ3) is 3.92. The summed E-state index contributed by atoms with van der Waals surface area (Å²) in [7, 11) is 1.83. The second-order valence-electron chi connectivity index (χ2n) is 4.83. The molecule has 2 N–H and O–H groups in total. The van der Waals surface area contributed by atoms with Gasteiger partial charge in [-0.25, -0.2) is 0 Å². The molecule has 2 rings (SSSR count). The van der Waals surface area contributed by atoms with Crippen LogP contribution in [0, 0.1) is 6.92 Å². The Labute approximate surface area is 138 Å². The molecule has 1 aromatic heterocycles. The number of hydrogen-bond donors (Lipinski definition) is 1. The first-order chi connectivity index (χ1) is 10.4. The molecule has 1 atom stereocenters. The van der Waals surface area contributed by atoms with E-state index in [0.717, 1.165) is 5.56 Å². The van der Waals surface area contributed by atoms with Crippen molar-refractivity contribution in [1.29, 1.82) is 0 Å². The average Bonchev–Trinajstić information content (AvgIpc) is 2.82. The molecule has 1 aromatic carbocycles. The molecular weight excluding hydrogens is 324 g/mol. The molecule has 8 heteroatoms. The van der Waals surface area contributed by atoms with E-state index in [9.17, 15) is 4.79 Å². The summed E-state index contributed by atoms with van der Waals surface area (Å²) in [5.74, 6) is 1.15. The number of aromatic nitrogens is 3. The number of thioether (sulfide) groups is 1. The second-order valence-corrected chi connectivity index (χ2v) is 6.18. The van der Waals surface area contributed by atoms with E-state index in [-0.39, 0.29) is 11.9 Å². The number of primary amides is 1. The monoisotopic (exact) mass is 340 g/mol. The minimum Gasteiger partial charge on any atom is -0.483 e. The van der Waals surface area contributed by atoms with Gasteiger partial charge in [0.25, 0.3) is 0 Å². The van der Waals surface area contributed by atoms with Crippen LogP contribution >= 0.6 is 23.4 Å². The normalized spacial score (nSPS) is 12.2. The van der Waals surface area contributed by atoms with Gasteiger partial charge < -0.3 is 15.0 Å². The molecule has 0 aliphatic heterocycles. The van der Waals surface area contributed by atoms with Gasteiger partial charge in [-0.05, 0) is 37.6 Å². The highest BCUT2D eigenvalue weighted by Gasteiger charge is 2.17. The predicted octanol–water partition coefficient (Wildman–Crippen LogP) is 2.49. The smallest absolute Gasteiger partial charge is 0.227 e. The highest BCUT2D eigenvalue weighted by atomic mass is 35.5. The minimum atomic E-state index is -0.393. The summed E-state index contributed by atoms with van der Waals surface area (Å²) in [4.78, 5) is 10.8. The summed E-state index contributed by atoms with van der Waals surface area (Å²) in [6, 6.07) is 5.48. The van der Waals surface area contributed by atoms with E-state index in [1.54, 1.807) is 10.6 Å². The van der Waals surface area contributed by atoms with Crippen LogP contribution in [0.3, 0.4) is 0 Å². The minimum absolute atomic E-state index is 0.164. The van der Waals surface area contributed by atoms with Gasteiger partial charge in [0.05, 0.1) is 5.75 Å². The van der Waals surface area contributed by atoms with E-state index in [0.29, 0.717) is 21.8 Å². The molecule has 0 spiro atoms. The van der Waals surface area contributed by atoms with Gasteiger partial charge in [-0.3, -0.25) is 4.79 Å². The quantitative estimate of drug-likeness (QED) is 0.817. The summed E-state index contributed by atoms with van der Waals surface area (Å²) >= 11 is 7.25. The van der Waals surface area contributed by atoms with Crippen molar-refractivity contribution in [3.63, 3.8) is 0 Å². The van der Waals surface area contributed by atoms with E-state index in [4.69, 9.17) is 22.1 Å². The standard InChI is InChI=1S/C14H17ClN4O2S/c1-8-6-10(4-5-11(8)15)21-9(2)13-17-18-14(19(13)3)22-7-12(16)20/h4-6,9H,7H2,1-3H3,(H2,16,20)/t9-/m0/s1. The van der Waals surface area contributed by atoms with Gasteiger partial charge in [0.1, 0.15) is 5.75 Å². The molecule has 1 heterocycles. The molecule has 0 aliphatic rings. The fourth-order valence-corrected chi connectivity index (χ4v) is 2.66. The van der Waals surface area contributed by atoms with Crippen LogP contribution in [0.2, 0.25) is 5.02 Å². The van der Waals surface area contributed by atoms with E-state index in [2.05, 4.69) is 10.2 Å². The first kappa shape index (κ1) is 16.6. The lowest BCUT2D eigenvalue weighted by atomic mass is 10.2. The van der Waals surface area contributed by atoms with Gasteiger partial charge in [0.15, 0.2) is 17.1 Å². The first-order valence-electron chi connectivity index (χ1n) is 6.61. The number of nitrogens with zero attached hydrogens (tertiary/aromatic N) is 3. The molecule has 0 bridgehead atoms. The molecule has 22 heavy (non-hydrogen) atoms. The number of halogens is 1. The van der Waals surface area contributed by atoms with E-state index in [1.807, 2.05) is 33.0 Å². The van der Waals surface area contributed by atoms with Crippen LogP contribution in [-0.4, -0.2) is 26.4 Å². The third-order valence-corrected chi connectivity index (χ3v) is 4.48. The maximum atomic E-state index is 10.8. The van der Waals surface area contributed by atoms with Gasteiger partial charge in [0.2, 0.25) is 5.91 Å². The highest BCUT2D eigenvalue weighted by molar-refractivity contribution is 7.99. The molecule has 0 saturated carbocycles. The van der Waals surface area contributed by atoms with Crippen LogP contribution in [0.15, 0.2) is 23.4 Å². The van der Waals surface area contributed by atoms with Crippen LogP contribution in [0.1, 0.15) is 24.4 Å². The maximum absolute atomic E-state index is 10.8. The number of carbonyl (C=O) groups excluding carboxylic acids is 1. The number of aryl methyl sites for hydroxylation is 1. The summed E-state index contributed by atoms with van der Waals surface area (Å²) in [5.41, 5.74) is 6.08. The lowest BCUT2D eigenvalue weighted by molar-refractivity contribution is -0.115. The number of rotatable bonds is 6. The number of amides is 1. The van der Waals surface area contributed by atoms with Crippen molar-refractivity contribution >= 4 is 29.3 Å². The number of ether oxygens (including phenoxy) is 1. The van der Waals surface area contributed by atoms with Crippen LogP contribution in [0.5, 0.6) is 5.75 Å². The van der Waals surface area contributed by atoms with Crippen molar-refractivity contribution in [2.24, 2.45) is 12.8 Å². The van der Waals surface area contributed by atoms with Crippen LogP contribution in [-0.2, 0) is 11.8 Å². The number of carbonyl (C=O) groups is 1. The fourth-order valence-electron chi connectivity index (χ4n) is 1.89. The summed E-state index contributed by atoms with van der Waals surface area (Å²) in [6.07, 6.45) is -0.291. The van der Waals surface area contributed by atoms with Gasteiger partial charge in [-0.2, -0.15) is 0 Å². The molecule has 0 fully saturated rings. The van der Waals surface area contributed by atoms with E-state index < -0.39 is 5.91 Å². The van der Waals surface area contributed by atoms with E-state index >= 15 is 0 Å². The molecule has 118 valence electrons. The van der Waals surface area contributed by atoms with Crippen molar-refractivity contribution in [3.8, 4) is 5.75 Å². The Balaban J connectivity index is 2.10. The van der Waals surface area contributed by atoms with Gasteiger partial charge in [-0.15, -0.1) is 10.2 Å². The Bertz CT molecular complexity index is 689. The Morgan fingerprint density at radius 2 is 2.23 bits per heavy atom. The van der Waals surface area contributed by atoms with E-state index in [1.165, 1.54) is 11.8 Å². The lowest BCUT2D eigenvalue weighted by Gasteiger charge is -2.15. The Morgan fingerprint density at radius 3 is 2.86 bits per heavy atom. The lowest BCUT2D eigenvalue weighted by Crippen LogP contribution is -2.14. The second kappa shape index (κ2) is 7.02. The molecule has 0 radical (unpaired) electrons. The molecule has 0 saturated heterocycles. The van der Waals surface area contributed by atoms with Crippen molar-refractivity contribution in [2.75, 3.05) is 5.75 Å². The highest BCUT2D eigenvalue weighted by Crippen LogP contribution is 2.26. The molecule has 2 aromatic rings.